The molecule has 2 rings (SSSR count). The number of ether oxygens (including phenoxy) is 2. The van der Waals surface area contributed by atoms with Crippen LogP contribution in [-0.4, -0.2) is 18.7 Å². The van der Waals surface area contributed by atoms with Crippen molar-refractivity contribution in [2.45, 2.75) is 19.7 Å². The van der Waals surface area contributed by atoms with Crippen LogP contribution in [0, 0.1) is 0 Å². The second-order valence-corrected chi connectivity index (χ2v) is 3.86. The van der Waals surface area contributed by atoms with E-state index in [4.69, 9.17) is 4.74 Å². The van der Waals surface area contributed by atoms with Crippen LogP contribution >= 0.6 is 0 Å². The number of nitrogens with one attached hydrogen (secondary N) is 1. The molecule has 0 saturated heterocycles. The van der Waals surface area contributed by atoms with Gasteiger partial charge < -0.3 is 9.47 Å². The van der Waals surface area contributed by atoms with Crippen molar-refractivity contribution in [3.63, 3.8) is 0 Å². The van der Waals surface area contributed by atoms with Crippen LogP contribution in [0.4, 0.5) is 23.7 Å². The highest BCUT2D eigenvalue weighted by Crippen LogP contribution is 2.39. The summed E-state index contributed by atoms with van der Waals surface area (Å²) in [5, 5.41) is 2.14. The molecular weight excluding hydrogens is 277 g/mol. The molecule has 1 aromatic carbocycles. The summed E-state index contributed by atoms with van der Waals surface area (Å²) in [5.41, 5.74) is -0.825. The second-order valence-electron chi connectivity index (χ2n) is 3.86. The van der Waals surface area contributed by atoms with E-state index in [1.807, 2.05) is 0 Å². The first-order valence-corrected chi connectivity index (χ1v) is 5.76. The largest absolute Gasteiger partial charge is 0.460 e. The summed E-state index contributed by atoms with van der Waals surface area (Å²) in [4.78, 5) is 14.9. The molecule has 1 N–H and O–H groups in total. The zero-order chi connectivity index (χ0) is 14.8. The number of carbonyl (C=O) groups is 1. The number of rotatable bonds is 1. The molecule has 0 spiro atoms. The van der Waals surface area contributed by atoms with Crippen LogP contribution in [0.1, 0.15) is 18.1 Å². The highest BCUT2D eigenvalue weighted by molar-refractivity contribution is 5.93. The number of alkyl carbamates (subject to hydrolysis) is 1. The SMILES string of the molecule is CCOC(=O)NC1=Nc2c(cccc2C(F)(F)F)CO1. The average Bonchev–Trinajstić information content (AvgIpc) is 2.37. The first kappa shape index (κ1) is 14.2. The quantitative estimate of drug-likeness (QED) is 0.864. The fourth-order valence-corrected chi connectivity index (χ4v) is 1.67. The molecule has 0 aromatic heterocycles. The third kappa shape index (κ3) is 3.01. The molecule has 0 aliphatic carbocycles. The first-order valence-electron chi connectivity index (χ1n) is 5.76. The molecule has 1 amide bonds. The van der Waals surface area contributed by atoms with Crippen molar-refractivity contribution in [2.75, 3.05) is 6.61 Å². The number of hydrogen-bond donors (Lipinski definition) is 1. The Morgan fingerprint density at radius 2 is 2.25 bits per heavy atom. The topological polar surface area (TPSA) is 59.9 Å². The summed E-state index contributed by atoms with van der Waals surface area (Å²) < 4.78 is 48.2. The third-order valence-corrected chi connectivity index (χ3v) is 2.49. The minimum atomic E-state index is -4.53. The third-order valence-electron chi connectivity index (χ3n) is 2.49. The molecule has 0 radical (unpaired) electrons. The summed E-state index contributed by atoms with van der Waals surface area (Å²) in [6.45, 7) is 1.62. The highest BCUT2D eigenvalue weighted by Gasteiger charge is 2.35. The Bertz CT molecular complexity index is 555. The molecule has 1 heterocycles. The Morgan fingerprint density at radius 1 is 1.50 bits per heavy atom. The number of hydrogen-bond acceptors (Lipinski definition) is 4. The Kier molecular flexibility index (Phi) is 3.82. The molecule has 0 fully saturated rings. The van der Waals surface area contributed by atoms with Gasteiger partial charge in [0.25, 0.3) is 6.02 Å². The van der Waals surface area contributed by atoms with E-state index < -0.39 is 17.8 Å². The zero-order valence-electron chi connectivity index (χ0n) is 10.5. The first-order chi connectivity index (χ1) is 9.41. The molecule has 0 saturated carbocycles. The fourth-order valence-electron chi connectivity index (χ4n) is 1.67. The number of benzene rings is 1. The Labute approximate surface area is 112 Å². The van der Waals surface area contributed by atoms with Gasteiger partial charge in [0.1, 0.15) is 6.61 Å². The lowest BCUT2D eigenvalue weighted by molar-refractivity contribution is -0.137. The van der Waals surface area contributed by atoms with Gasteiger partial charge in [-0.15, -0.1) is 0 Å². The average molecular weight is 288 g/mol. The number of halogens is 3. The van der Waals surface area contributed by atoms with Crippen molar-refractivity contribution in [3.8, 4) is 0 Å². The number of carbonyl (C=O) groups excluding carboxylic acids is 1. The van der Waals surface area contributed by atoms with Crippen LogP contribution in [-0.2, 0) is 22.3 Å². The van der Waals surface area contributed by atoms with Crippen molar-refractivity contribution in [3.05, 3.63) is 29.3 Å². The molecule has 8 heteroatoms. The summed E-state index contributed by atoms with van der Waals surface area (Å²) >= 11 is 0. The number of nitrogens with zero attached hydrogens (tertiary/aromatic N) is 1. The van der Waals surface area contributed by atoms with Gasteiger partial charge in [-0.3, -0.25) is 0 Å². The van der Waals surface area contributed by atoms with Gasteiger partial charge in [0.05, 0.1) is 17.9 Å². The second kappa shape index (κ2) is 5.40. The molecule has 108 valence electrons. The predicted octanol–water partition coefficient (Wildman–Crippen LogP) is 2.97. The van der Waals surface area contributed by atoms with Gasteiger partial charge in [-0.1, -0.05) is 12.1 Å². The molecule has 0 atom stereocenters. The minimum absolute atomic E-state index is 0.107. The molecule has 0 bridgehead atoms. The van der Waals surface area contributed by atoms with Gasteiger partial charge in [-0.05, 0) is 13.0 Å². The van der Waals surface area contributed by atoms with Gasteiger partial charge in [-0.2, -0.15) is 18.2 Å². The Balaban J connectivity index is 2.32. The van der Waals surface area contributed by atoms with Gasteiger partial charge in [0, 0.05) is 5.56 Å². The number of amidine groups is 1. The standard InChI is InChI=1S/C12H11F3N2O3/c1-2-19-11(18)17-10-16-9-7(6-20-10)4-3-5-8(9)12(13,14)15/h3-5H,2,6H2,1H3,(H,16,17,18). The van der Waals surface area contributed by atoms with Crippen LogP contribution in [0.25, 0.3) is 0 Å². The normalized spacial score (nSPS) is 13.9. The van der Waals surface area contributed by atoms with E-state index in [9.17, 15) is 18.0 Å². The summed E-state index contributed by atoms with van der Waals surface area (Å²) in [6.07, 6.45) is -5.36. The molecule has 1 aliphatic heterocycles. The zero-order valence-corrected chi connectivity index (χ0v) is 10.5. The summed E-state index contributed by atoms with van der Waals surface area (Å²) in [7, 11) is 0. The lowest BCUT2D eigenvalue weighted by atomic mass is 10.1. The summed E-state index contributed by atoms with van der Waals surface area (Å²) in [5.74, 6) is 0. The van der Waals surface area contributed by atoms with Crippen molar-refractivity contribution in [1.82, 2.24) is 5.32 Å². The van der Waals surface area contributed by atoms with E-state index in [1.54, 1.807) is 6.92 Å². The van der Waals surface area contributed by atoms with E-state index in [-0.39, 0.29) is 24.9 Å². The van der Waals surface area contributed by atoms with E-state index in [2.05, 4.69) is 15.0 Å². The van der Waals surface area contributed by atoms with Gasteiger partial charge in [0.15, 0.2) is 0 Å². The van der Waals surface area contributed by atoms with Crippen molar-refractivity contribution < 1.29 is 27.4 Å². The van der Waals surface area contributed by atoms with E-state index in [1.165, 1.54) is 12.1 Å². The minimum Gasteiger partial charge on any atom is -0.460 e. The maximum absolute atomic E-state index is 12.9. The number of fused-ring (bicyclic) bond motifs is 1. The molecule has 20 heavy (non-hydrogen) atoms. The van der Waals surface area contributed by atoms with Crippen LogP contribution in [0.2, 0.25) is 0 Å². The molecule has 1 aliphatic rings. The van der Waals surface area contributed by atoms with E-state index >= 15 is 0 Å². The smallest absolute Gasteiger partial charge is 0.418 e. The highest BCUT2D eigenvalue weighted by atomic mass is 19.4. The predicted molar refractivity (Wildman–Crippen MR) is 63.5 cm³/mol. The number of alkyl halides is 3. The Morgan fingerprint density at radius 3 is 2.90 bits per heavy atom. The maximum Gasteiger partial charge on any atom is 0.418 e. The van der Waals surface area contributed by atoms with Crippen LogP contribution in [0.5, 0.6) is 0 Å². The number of amides is 1. The van der Waals surface area contributed by atoms with Crippen molar-refractivity contribution in [2.24, 2.45) is 4.99 Å². The maximum atomic E-state index is 12.9. The molecule has 5 nitrogen and oxygen atoms in total. The number of aliphatic imine (C=N–C) groups is 1. The Hall–Kier alpha value is -2.25. The van der Waals surface area contributed by atoms with Gasteiger partial charge in [0.2, 0.25) is 0 Å². The van der Waals surface area contributed by atoms with Gasteiger partial charge in [-0.25, -0.2) is 10.1 Å². The van der Waals surface area contributed by atoms with Gasteiger partial charge >= 0.3 is 12.3 Å². The fraction of sp³-hybridized carbons (Fsp3) is 0.333. The van der Waals surface area contributed by atoms with E-state index in [0.717, 1.165) is 6.07 Å². The monoisotopic (exact) mass is 288 g/mol. The van der Waals surface area contributed by atoms with Crippen LogP contribution in [0.3, 0.4) is 0 Å². The molecule has 0 unspecified atom stereocenters. The lowest BCUT2D eigenvalue weighted by Gasteiger charge is -2.20. The molecular formula is C12H11F3N2O3. The molecule has 1 aromatic rings. The lowest BCUT2D eigenvalue weighted by Crippen LogP contribution is -2.34. The number of para-hydroxylation sites is 1. The summed E-state index contributed by atoms with van der Waals surface area (Å²) in [6, 6.07) is 3.38. The van der Waals surface area contributed by atoms with E-state index in [0.29, 0.717) is 5.56 Å². The van der Waals surface area contributed by atoms with Crippen molar-refractivity contribution >= 4 is 17.8 Å². The van der Waals surface area contributed by atoms with Crippen LogP contribution in [0.15, 0.2) is 23.2 Å². The van der Waals surface area contributed by atoms with Crippen LogP contribution < -0.4 is 5.32 Å². The van der Waals surface area contributed by atoms with Crippen molar-refractivity contribution in [1.29, 1.82) is 0 Å².